The second-order valence-electron chi connectivity index (χ2n) is 12.1. The smallest absolute Gasteiger partial charge is 0.365 e. The lowest BCUT2D eigenvalue weighted by Crippen LogP contribution is -2.51. The molecule has 1 heterocycles. The van der Waals surface area contributed by atoms with Crippen molar-refractivity contribution in [2.45, 2.75) is 71.4 Å². The third kappa shape index (κ3) is 10.7. The molecule has 0 amide bonds. The highest BCUT2D eigenvalue weighted by Crippen LogP contribution is 2.23. The number of allylic oxidation sites excluding steroid dienone is 4. The van der Waals surface area contributed by atoms with Gasteiger partial charge in [-0.15, -0.1) is 0 Å². The van der Waals surface area contributed by atoms with E-state index in [2.05, 4.69) is 101 Å². The summed E-state index contributed by atoms with van der Waals surface area (Å²) in [6, 6.07) is 16.9. The Balaban J connectivity index is 1.35. The van der Waals surface area contributed by atoms with Gasteiger partial charge in [0.1, 0.15) is 12.4 Å². The van der Waals surface area contributed by atoms with Gasteiger partial charge in [0.15, 0.2) is 6.04 Å². The zero-order valence-electron chi connectivity index (χ0n) is 26.5. The second-order valence-corrected chi connectivity index (χ2v) is 12.1. The maximum absolute atomic E-state index is 13.0. The van der Waals surface area contributed by atoms with E-state index in [9.17, 15) is 4.79 Å². The average molecular weight is 572 g/mol. The Bertz CT molecular complexity index is 1330. The first-order valence-electron chi connectivity index (χ1n) is 15.4. The maximum Gasteiger partial charge on any atom is 0.365 e. The number of unbranched alkanes of at least 4 members (excludes halogenated alkanes) is 4. The van der Waals surface area contributed by atoms with Gasteiger partial charge in [-0.25, -0.2) is 4.79 Å². The molecule has 1 atom stereocenters. The first-order chi connectivity index (χ1) is 20.2. The third-order valence-corrected chi connectivity index (χ3v) is 7.69. The third-order valence-electron chi connectivity index (χ3n) is 7.69. The molecule has 0 spiro atoms. The lowest BCUT2D eigenvalue weighted by atomic mass is 10.0. The van der Waals surface area contributed by atoms with E-state index < -0.39 is 0 Å². The zero-order valence-corrected chi connectivity index (χ0v) is 26.5. The van der Waals surface area contributed by atoms with Gasteiger partial charge in [-0.1, -0.05) is 81.3 Å². The molecular weight excluding hydrogens is 520 g/mol. The van der Waals surface area contributed by atoms with Gasteiger partial charge in [0.25, 0.3) is 0 Å². The molecule has 1 aromatic heterocycles. The Hall–Kier alpha value is -3.57. The van der Waals surface area contributed by atoms with E-state index in [0.29, 0.717) is 24.1 Å². The van der Waals surface area contributed by atoms with Crippen molar-refractivity contribution in [1.29, 1.82) is 0 Å². The van der Waals surface area contributed by atoms with Crippen molar-refractivity contribution in [2.24, 2.45) is 0 Å². The Morgan fingerprint density at radius 2 is 1.67 bits per heavy atom. The fourth-order valence-corrected chi connectivity index (χ4v) is 5.00. The van der Waals surface area contributed by atoms with Gasteiger partial charge in [0.05, 0.1) is 27.7 Å². The summed E-state index contributed by atoms with van der Waals surface area (Å²) in [5.74, 6) is 0.794. The van der Waals surface area contributed by atoms with Crippen LogP contribution in [0, 0.1) is 0 Å². The average Bonchev–Trinajstić information content (AvgIpc) is 3.38. The van der Waals surface area contributed by atoms with Crippen molar-refractivity contribution in [1.82, 2.24) is 4.57 Å². The number of hydrogen-bond donors (Lipinski definition) is 0. The van der Waals surface area contributed by atoms with Gasteiger partial charge in [0.2, 0.25) is 0 Å². The maximum atomic E-state index is 13.0. The molecular formula is C37H51N2O3+. The number of aromatic nitrogens is 1. The molecule has 0 aliphatic heterocycles. The summed E-state index contributed by atoms with van der Waals surface area (Å²) < 4.78 is 14.6. The fourth-order valence-electron chi connectivity index (χ4n) is 5.00. The van der Waals surface area contributed by atoms with Crippen molar-refractivity contribution in [3.8, 4) is 5.75 Å². The number of aryl methyl sites for hydroxylation is 2. The number of fused-ring (bicyclic) bond motifs is 1. The molecule has 226 valence electrons. The molecule has 0 bridgehead atoms. The Labute approximate surface area is 253 Å². The molecule has 0 saturated heterocycles. The van der Waals surface area contributed by atoms with E-state index in [1.54, 1.807) is 6.08 Å². The second kappa shape index (κ2) is 16.8. The molecule has 1 unspecified atom stereocenters. The van der Waals surface area contributed by atoms with Crippen LogP contribution in [0.3, 0.4) is 0 Å². The molecule has 2 aromatic carbocycles. The monoisotopic (exact) mass is 571 g/mol. The summed E-state index contributed by atoms with van der Waals surface area (Å²) >= 11 is 0. The number of carbonyl (C=O) groups excluding carboxylic acids is 1. The zero-order chi connectivity index (χ0) is 30.4. The van der Waals surface area contributed by atoms with Gasteiger partial charge in [-0.3, -0.25) is 0 Å². The summed E-state index contributed by atoms with van der Waals surface area (Å²) in [7, 11) is 6.20. The Morgan fingerprint density at radius 1 is 0.952 bits per heavy atom. The lowest BCUT2D eigenvalue weighted by Gasteiger charge is -2.32. The minimum Gasteiger partial charge on any atom is -0.489 e. The van der Waals surface area contributed by atoms with Crippen LogP contribution in [0.15, 0.2) is 91.2 Å². The summed E-state index contributed by atoms with van der Waals surface area (Å²) in [6.07, 6.45) is 17.0. The Kier molecular flexibility index (Phi) is 13.1. The van der Waals surface area contributed by atoms with E-state index in [0.717, 1.165) is 56.4 Å². The van der Waals surface area contributed by atoms with Crippen molar-refractivity contribution in [3.63, 3.8) is 0 Å². The van der Waals surface area contributed by atoms with Crippen molar-refractivity contribution in [3.05, 3.63) is 102 Å². The Morgan fingerprint density at radius 3 is 2.38 bits per heavy atom. The van der Waals surface area contributed by atoms with Crippen molar-refractivity contribution < 1.29 is 18.8 Å². The minimum atomic E-state index is -0.206. The molecule has 0 fully saturated rings. The summed E-state index contributed by atoms with van der Waals surface area (Å²) in [5.41, 5.74) is 4.90. The highest BCUT2D eigenvalue weighted by Gasteiger charge is 2.33. The predicted octanol–water partition coefficient (Wildman–Crippen LogP) is 8.08. The molecule has 5 nitrogen and oxygen atoms in total. The summed E-state index contributed by atoms with van der Waals surface area (Å²) in [4.78, 5) is 13.0. The number of hydrogen-bond acceptors (Lipinski definition) is 3. The SMILES string of the molecule is C=C/C=C\C=C(/C)COc1ccc2c(ccn2CCCCCCCOC(=O)C(Cc2ccc(CC)cc2)[N+](C)(C)C)c1. The van der Waals surface area contributed by atoms with E-state index in [1.807, 2.05) is 18.2 Å². The van der Waals surface area contributed by atoms with Crippen molar-refractivity contribution in [2.75, 3.05) is 34.4 Å². The van der Waals surface area contributed by atoms with Crippen LogP contribution in [0.25, 0.3) is 10.9 Å². The first kappa shape index (κ1) is 32.9. The quantitative estimate of drug-likeness (QED) is 0.0671. The van der Waals surface area contributed by atoms with Gasteiger partial charge in [-0.2, -0.15) is 0 Å². The van der Waals surface area contributed by atoms with Crippen LogP contribution in [0.5, 0.6) is 5.75 Å². The molecule has 0 radical (unpaired) electrons. The molecule has 3 aromatic rings. The number of esters is 1. The molecule has 0 aliphatic carbocycles. The van der Waals surface area contributed by atoms with Crippen LogP contribution < -0.4 is 4.74 Å². The predicted molar refractivity (Wildman–Crippen MR) is 176 cm³/mol. The number of ether oxygens (including phenoxy) is 2. The molecule has 0 N–H and O–H groups in total. The van der Waals surface area contributed by atoms with Crippen LogP contribution in [0.2, 0.25) is 0 Å². The highest BCUT2D eigenvalue weighted by atomic mass is 16.5. The minimum absolute atomic E-state index is 0.0950. The topological polar surface area (TPSA) is 40.5 Å². The highest BCUT2D eigenvalue weighted by molar-refractivity contribution is 5.81. The van der Waals surface area contributed by atoms with E-state index >= 15 is 0 Å². The van der Waals surface area contributed by atoms with Crippen LogP contribution in [0.1, 0.15) is 57.1 Å². The molecule has 3 rings (SSSR count). The number of likely N-dealkylation sites (N-methyl/N-ethyl adjacent to an activating group) is 1. The van der Waals surface area contributed by atoms with Gasteiger partial charge in [0, 0.05) is 30.1 Å². The van der Waals surface area contributed by atoms with Gasteiger partial charge >= 0.3 is 5.97 Å². The van der Waals surface area contributed by atoms with E-state index in [1.165, 1.54) is 22.0 Å². The van der Waals surface area contributed by atoms with E-state index in [-0.39, 0.29) is 12.0 Å². The van der Waals surface area contributed by atoms with Crippen molar-refractivity contribution >= 4 is 16.9 Å². The molecule has 0 aliphatic rings. The van der Waals surface area contributed by atoms with Gasteiger partial charge < -0.3 is 18.5 Å². The largest absolute Gasteiger partial charge is 0.489 e. The molecule has 0 saturated carbocycles. The number of benzene rings is 2. The van der Waals surface area contributed by atoms with Crippen LogP contribution in [-0.2, 0) is 28.9 Å². The number of rotatable bonds is 18. The van der Waals surface area contributed by atoms with Crippen LogP contribution in [0.4, 0.5) is 0 Å². The number of nitrogens with zero attached hydrogens (tertiary/aromatic N) is 2. The van der Waals surface area contributed by atoms with Crippen LogP contribution in [-0.4, -0.2) is 55.4 Å². The fraction of sp³-hybridized carbons (Fsp3) is 0.432. The van der Waals surface area contributed by atoms with Crippen LogP contribution >= 0.6 is 0 Å². The lowest BCUT2D eigenvalue weighted by molar-refractivity contribution is -0.887. The normalized spacial score (nSPS) is 13.0. The molecule has 5 heteroatoms. The number of quaternary nitrogens is 1. The summed E-state index contributed by atoms with van der Waals surface area (Å²) in [5, 5.41) is 1.20. The first-order valence-corrected chi connectivity index (χ1v) is 15.4. The van der Waals surface area contributed by atoms with Gasteiger partial charge in [-0.05, 0) is 67.2 Å². The standard InChI is InChI=1S/C37H51N2O3/c1-7-9-13-16-30(3)29-42-34-21-22-35-33(28-34)23-25-38(35)24-14-11-10-12-15-26-41-37(40)36(39(4,5)6)27-32-19-17-31(8-2)18-20-32/h7,9,13,16-23,25,28,36H,1,8,10-12,14-15,24,26-27,29H2,2-6H3/q+1/b13-9-,30-16+. The molecule has 42 heavy (non-hydrogen) atoms. The number of carbonyl (C=O) groups is 1. The summed E-state index contributed by atoms with van der Waals surface area (Å²) in [6.45, 7) is 9.97. The van der Waals surface area contributed by atoms with E-state index in [4.69, 9.17) is 9.47 Å².